The molecule has 146 valence electrons. The van der Waals surface area contributed by atoms with Crippen LogP contribution in [0, 0.1) is 0 Å². The van der Waals surface area contributed by atoms with Crippen molar-refractivity contribution >= 4 is 30.2 Å². The van der Waals surface area contributed by atoms with Crippen molar-refractivity contribution in [2.45, 2.75) is 52.4 Å². The molecule has 0 radical (unpaired) electrons. The molecule has 0 aliphatic rings. The number of halogens is 2. The SMILES string of the molecule is CC(C)(C)c1cc(O)c(C(=O)[N-]c2ccccc2)c(C(C)(C)C)c1.[Cl][Ti][Cl]. The summed E-state index contributed by atoms with van der Waals surface area (Å²) in [6.45, 7) is 12.4. The van der Waals surface area contributed by atoms with Crippen LogP contribution in [0.1, 0.15) is 63.0 Å². The summed E-state index contributed by atoms with van der Waals surface area (Å²) in [6, 6.07) is 12.8. The van der Waals surface area contributed by atoms with E-state index in [1.165, 1.54) is 0 Å². The predicted molar refractivity (Wildman–Crippen MR) is 111 cm³/mol. The average molecular weight is 443 g/mol. The van der Waals surface area contributed by atoms with E-state index >= 15 is 0 Å². The van der Waals surface area contributed by atoms with Crippen LogP contribution in [0.15, 0.2) is 42.5 Å². The second kappa shape index (κ2) is 9.98. The molecule has 27 heavy (non-hydrogen) atoms. The Bertz CT molecular complexity index is 766. The van der Waals surface area contributed by atoms with Crippen molar-refractivity contribution in [1.82, 2.24) is 0 Å². The van der Waals surface area contributed by atoms with E-state index in [1.54, 1.807) is 18.2 Å². The van der Waals surface area contributed by atoms with Crippen molar-refractivity contribution in [3.8, 4) is 5.75 Å². The number of benzene rings is 2. The molecular weight excluding hydrogens is 417 g/mol. The molecule has 3 nitrogen and oxygen atoms in total. The molecule has 0 aromatic heterocycles. The van der Waals surface area contributed by atoms with Gasteiger partial charge in [-0.1, -0.05) is 77.9 Å². The fourth-order valence-electron chi connectivity index (χ4n) is 2.55. The second-order valence-electron chi connectivity index (χ2n) is 8.24. The van der Waals surface area contributed by atoms with E-state index < -0.39 is 22.9 Å². The van der Waals surface area contributed by atoms with Crippen LogP contribution in [-0.4, -0.2) is 11.0 Å². The molecule has 0 unspecified atom stereocenters. The molecule has 0 atom stereocenters. The van der Waals surface area contributed by atoms with Crippen molar-refractivity contribution in [1.29, 1.82) is 0 Å². The summed E-state index contributed by atoms with van der Waals surface area (Å²) in [6.07, 6.45) is 0. The molecule has 0 heterocycles. The van der Waals surface area contributed by atoms with Crippen molar-refractivity contribution < 1.29 is 26.9 Å². The van der Waals surface area contributed by atoms with Gasteiger partial charge in [0.15, 0.2) is 0 Å². The first-order chi connectivity index (χ1) is 12.4. The summed E-state index contributed by atoms with van der Waals surface area (Å²) < 4.78 is 0. The first-order valence-corrected chi connectivity index (χ1v) is 12.9. The van der Waals surface area contributed by atoms with Crippen LogP contribution in [0.4, 0.5) is 5.69 Å². The van der Waals surface area contributed by atoms with E-state index in [1.807, 2.05) is 45.0 Å². The minimum absolute atomic E-state index is 0.00275. The Hall–Kier alpha value is -0.996. The van der Waals surface area contributed by atoms with Gasteiger partial charge in [0.1, 0.15) is 5.75 Å². The summed E-state index contributed by atoms with van der Waals surface area (Å²) in [5.41, 5.74) is 2.30. The van der Waals surface area contributed by atoms with E-state index in [2.05, 4.69) is 26.1 Å². The molecule has 0 spiro atoms. The summed E-state index contributed by atoms with van der Waals surface area (Å²) >= 11 is -0.556. The monoisotopic (exact) mass is 442 g/mol. The van der Waals surface area contributed by atoms with Gasteiger partial charge in [-0.25, -0.2) is 0 Å². The van der Waals surface area contributed by atoms with E-state index in [0.717, 1.165) is 11.1 Å². The normalized spacial score (nSPS) is 11.3. The van der Waals surface area contributed by atoms with Crippen LogP contribution in [0.25, 0.3) is 5.32 Å². The van der Waals surface area contributed by atoms with Gasteiger partial charge in [-0.2, -0.15) is 0 Å². The van der Waals surface area contributed by atoms with E-state index in [-0.39, 0.29) is 16.6 Å². The van der Waals surface area contributed by atoms with Gasteiger partial charge in [-0.05, 0) is 28.0 Å². The van der Waals surface area contributed by atoms with Gasteiger partial charge in [0.2, 0.25) is 0 Å². The number of hydrogen-bond acceptors (Lipinski definition) is 2. The van der Waals surface area contributed by atoms with Crippen LogP contribution in [0.5, 0.6) is 5.75 Å². The Morgan fingerprint density at radius 3 is 1.93 bits per heavy atom. The first-order valence-electron chi connectivity index (χ1n) is 8.57. The summed E-state index contributed by atoms with van der Waals surface area (Å²) in [4.78, 5) is 12.7. The number of hydrogen-bond donors (Lipinski definition) is 1. The van der Waals surface area contributed by atoms with Crippen molar-refractivity contribution in [3.63, 3.8) is 0 Å². The Morgan fingerprint density at radius 1 is 0.963 bits per heavy atom. The number of nitrogens with zero attached hydrogens (tertiary/aromatic N) is 1. The van der Waals surface area contributed by atoms with Gasteiger partial charge in [-0.15, -0.1) is 5.69 Å². The van der Waals surface area contributed by atoms with Crippen LogP contribution in [0.2, 0.25) is 0 Å². The third-order valence-corrected chi connectivity index (χ3v) is 3.99. The van der Waals surface area contributed by atoms with Crippen LogP contribution in [0.3, 0.4) is 0 Å². The number of aromatic hydroxyl groups is 1. The van der Waals surface area contributed by atoms with Gasteiger partial charge >= 0.3 is 35.6 Å². The molecular formula is C21H26Cl2NO2Ti-. The minimum atomic E-state index is -0.556. The Kier molecular flexibility index (Phi) is 8.88. The van der Waals surface area contributed by atoms with E-state index in [9.17, 15) is 9.90 Å². The van der Waals surface area contributed by atoms with Gasteiger partial charge in [0, 0.05) is 5.56 Å². The molecule has 1 amide bonds. The third kappa shape index (κ3) is 7.15. The van der Waals surface area contributed by atoms with Crippen molar-refractivity contribution in [3.05, 3.63) is 64.5 Å². The van der Waals surface area contributed by atoms with Crippen LogP contribution < -0.4 is 0 Å². The van der Waals surface area contributed by atoms with Crippen LogP contribution >= 0.6 is 18.6 Å². The fourth-order valence-corrected chi connectivity index (χ4v) is 2.55. The maximum absolute atomic E-state index is 12.7. The number of phenols is 1. The Labute approximate surface area is 179 Å². The zero-order valence-electron chi connectivity index (χ0n) is 16.6. The summed E-state index contributed by atoms with van der Waals surface area (Å²) in [7, 11) is 9.78. The quantitative estimate of drug-likeness (QED) is 0.499. The second-order valence-corrected chi connectivity index (χ2v) is 10.8. The molecule has 1 N–H and O–H groups in total. The molecule has 0 aliphatic carbocycles. The van der Waals surface area contributed by atoms with Gasteiger partial charge in [0.25, 0.3) is 0 Å². The fraction of sp³-hybridized carbons (Fsp3) is 0.381. The zero-order chi connectivity index (χ0) is 20.8. The Morgan fingerprint density at radius 2 is 1.48 bits per heavy atom. The topological polar surface area (TPSA) is 51.4 Å². The first kappa shape index (κ1) is 24.0. The van der Waals surface area contributed by atoms with Crippen molar-refractivity contribution in [2.75, 3.05) is 0 Å². The van der Waals surface area contributed by atoms with E-state index in [0.29, 0.717) is 11.3 Å². The molecule has 2 aromatic rings. The van der Waals surface area contributed by atoms with Crippen LogP contribution in [-0.2, 0) is 27.9 Å². The summed E-state index contributed by atoms with van der Waals surface area (Å²) in [5.74, 6) is -0.416. The molecule has 2 aromatic carbocycles. The number of carbonyl (C=O) groups is 1. The average Bonchev–Trinajstić information content (AvgIpc) is 2.54. The van der Waals surface area contributed by atoms with Gasteiger partial charge < -0.3 is 15.2 Å². The number of amides is 1. The number of para-hydroxylation sites is 1. The molecule has 2 rings (SSSR count). The molecule has 0 bridgehead atoms. The molecule has 0 fully saturated rings. The zero-order valence-corrected chi connectivity index (χ0v) is 19.7. The standard InChI is InChI=1S/C21H27NO2.2ClH.Ti/c1-20(2,3)14-12-16(21(4,5)6)18(17(23)13-14)19(24)22-15-10-8-7-9-11-15;;;/h7-13H,1-6H3,(H2,22,23,24);2*1H;/q;;;+2/p-3. The third-order valence-electron chi connectivity index (χ3n) is 3.99. The number of phenolic OH excluding ortho intramolecular Hbond substituents is 1. The molecule has 0 aliphatic heterocycles. The summed E-state index contributed by atoms with van der Waals surface area (Å²) in [5, 5.41) is 14.7. The van der Waals surface area contributed by atoms with E-state index in [4.69, 9.17) is 18.6 Å². The predicted octanol–water partition coefficient (Wildman–Crippen LogP) is 7.21. The number of rotatable bonds is 2. The molecule has 0 saturated heterocycles. The Balaban J connectivity index is 0.00000114. The maximum atomic E-state index is 12.7. The molecule has 0 saturated carbocycles. The molecule has 6 heteroatoms. The van der Waals surface area contributed by atoms with Gasteiger partial charge in [-0.3, -0.25) is 0 Å². The number of carbonyl (C=O) groups excluding carboxylic acids is 1. The van der Waals surface area contributed by atoms with Gasteiger partial charge in [0.05, 0.1) is 5.91 Å². The van der Waals surface area contributed by atoms with Crippen molar-refractivity contribution in [2.24, 2.45) is 0 Å².